The second-order valence-electron chi connectivity index (χ2n) is 11.9. The third-order valence-corrected chi connectivity index (χ3v) is 7.61. The molecule has 0 spiro atoms. The van der Waals surface area contributed by atoms with Gasteiger partial charge in [0.15, 0.2) is 5.75 Å². The van der Waals surface area contributed by atoms with Gasteiger partial charge in [0.25, 0.3) is 0 Å². The number of pyridine rings is 1. The predicted molar refractivity (Wildman–Crippen MR) is 179 cm³/mol. The smallest absolute Gasteiger partial charge is 0.409 e. The quantitative estimate of drug-likeness (QED) is 0.151. The third-order valence-electron chi connectivity index (χ3n) is 7.61. The van der Waals surface area contributed by atoms with Gasteiger partial charge in [0, 0.05) is 29.6 Å². The first-order valence-electron chi connectivity index (χ1n) is 15.0. The van der Waals surface area contributed by atoms with E-state index < -0.39 is 12.1 Å². The summed E-state index contributed by atoms with van der Waals surface area (Å²) < 4.78 is 11.8. The van der Waals surface area contributed by atoms with Crippen LogP contribution in [0.4, 0.5) is 26.7 Å². The third kappa shape index (κ3) is 7.90. The first-order valence-corrected chi connectivity index (χ1v) is 15.0. The summed E-state index contributed by atoms with van der Waals surface area (Å²) in [5.41, 5.74) is 2.46. The van der Waals surface area contributed by atoms with E-state index >= 15 is 0 Å². The molecule has 10 nitrogen and oxygen atoms in total. The fraction of sp³-hybridized carbons (Fsp3) is 0.286. The second kappa shape index (κ2) is 13.7. The van der Waals surface area contributed by atoms with Crippen LogP contribution in [0.15, 0.2) is 72.9 Å². The number of carboxylic acid groups (broad SMARTS) is 1. The lowest BCUT2D eigenvalue weighted by Crippen LogP contribution is -2.22. The molecule has 0 saturated carbocycles. The van der Waals surface area contributed by atoms with E-state index in [0.29, 0.717) is 22.9 Å². The van der Waals surface area contributed by atoms with Crippen molar-refractivity contribution in [3.63, 3.8) is 0 Å². The molecule has 4 N–H and O–H groups in total. The van der Waals surface area contributed by atoms with E-state index in [4.69, 9.17) is 9.47 Å². The monoisotopic (exact) mass is 609 g/mol. The SMILES string of the molecule is COc1c(NC(=O)O)cc(C(C)(C)C)cc1NC(=O)Nc1ccc(Oc2ccnc(/C=C/CN3CCCC3)c2)c2ccccc12. The zero-order valence-corrected chi connectivity index (χ0v) is 26.0. The second-order valence-corrected chi connectivity index (χ2v) is 11.9. The Morgan fingerprint density at radius 1 is 0.933 bits per heavy atom. The molecule has 0 radical (unpaired) electrons. The maximum Gasteiger partial charge on any atom is 0.409 e. The van der Waals surface area contributed by atoms with E-state index in [1.807, 2.05) is 69.3 Å². The van der Waals surface area contributed by atoms with Crippen LogP contribution in [0.25, 0.3) is 16.8 Å². The van der Waals surface area contributed by atoms with Crippen LogP contribution in [0.2, 0.25) is 0 Å². The number of methoxy groups -OCH3 is 1. The van der Waals surface area contributed by atoms with Crippen molar-refractivity contribution in [1.82, 2.24) is 9.88 Å². The van der Waals surface area contributed by atoms with Gasteiger partial charge in [-0.25, -0.2) is 9.59 Å². The van der Waals surface area contributed by atoms with Gasteiger partial charge in [0.05, 0.1) is 29.9 Å². The molecule has 4 aromatic rings. The van der Waals surface area contributed by atoms with Gasteiger partial charge in [-0.2, -0.15) is 0 Å². The number of amides is 3. The number of anilines is 3. The molecule has 0 aliphatic carbocycles. The summed E-state index contributed by atoms with van der Waals surface area (Å²) in [7, 11) is 1.42. The number of hydrogen-bond acceptors (Lipinski definition) is 6. The summed E-state index contributed by atoms with van der Waals surface area (Å²) in [4.78, 5) is 31.6. The summed E-state index contributed by atoms with van der Waals surface area (Å²) in [5.74, 6) is 1.50. The average molecular weight is 610 g/mol. The number of urea groups is 1. The van der Waals surface area contributed by atoms with Crippen LogP contribution in [0, 0.1) is 0 Å². The van der Waals surface area contributed by atoms with Gasteiger partial charge in [-0.3, -0.25) is 15.2 Å². The van der Waals surface area contributed by atoms with E-state index in [-0.39, 0.29) is 16.9 Å². The normalized spacial score (nSPS) is 13.6. The summed E-state index contributed by atoms with van der Waals surface area (Å²) in [6, 6.07) is 18.0. The molecule has 1 fully saturated rings. The van der Waals surface area contributed by atoms with Crippen molar-refractivity contribution in [2.75, 3.05) is 42.7 Å². The van der Waals surface area contributed by atoms with Gasteiger partial charge in [-0.1, -0.05) is 51.1 Å². The number of hydrogen-bond donors (Lipinski definition) is 4. The number of carbonyl (C=O) groups is 2. The van der Waals surface area contributed by atoms with Gasteiger partial charge < -0.3 is 25.2 Å². The minimum absolute atomic E-state index is 0.205. The van der Waals surface area contributed by atoms with Gasteiger partial charge >= 0.3 is 12.1 Å². The lowest BCUT2D eigenvalue weighted by atomic mass is 9.86. The number of nitrogens with one attached hydrogen (secondary N) is 3. The van der Waals surface area contributed by atoms with Crippen molar-refractivity contribution in [2.24, 2.45) is 0 Å². The van der Waals surface area contributed by atoms with Gasteiger partial charge in [0.1, 0.15) is 11.5 Å². The maximum atomic E-state index is 13.3. The molecule has 3 aromatic carbocycles. The van der Waals surface area contributed by atoms with Crippen molar-refractivity contribution in [2.45, 2.75) is 39.0 Å². The molecule has 45 heavy (non-hydrogen) atoms. The van der Waals surface area contributed by atoms with Crippen molar-refractivity contribution < 1.29 is 24.2 Å². The molecule has 1 aromatic heterocycles. The van der Waals surface area contributed by atoms with Crippen LogP contribution in [-0.4, -0.2) is 53.9 Å². The molecule has 0 bridgehead atoms. The van der Waals surface area contributed by atoms with Crippen LogP contribution >= 0.6 is 0 Å². The van der Waals surface area contributed by atoms with Gasteiger partial charge in [-0.15, -0.1) is 0 Å². The van der Waals surface area contributed by atoms with Crippen LogP contribution in [0.1, 0.15) is 44.9 Å². The van der Waals surface area contributed by atoms with Crippen LogP contribution in [0.3, 0.4) is 0 Å². The topological polar surface area (TPSA) is 125 Å². The molecule has 5 rings (SSSR count). The number of likely N-dealkylation sites (tertiary alicyclic amines) is 1. The van der Waals surface area contributed by atoms with Crippen LogP contribution in [0.5, 0.6) is 17.2 Å². The Morgan fingerprint density at radius 3 is 2.31 bits per heavy atom. The van der Waals surface area contributed by atoms with Gasteiger partial charge in [0.2, 0.25) is 0 Å². The standard InChI is InChI=1S/C35H39N5O5/c1-35(2,3)23-20-29(32(44-4)30(21-23)39-34(42)43)38-33(41)37-28-13-14-31(27-12-6-5-11-26(27)28)45-25-15-16-36-24(22-25)10-9-19-40-17-7-8-18-40/h5-6,9-16,20-22,39H,7-8,17-19H2,1-4H3,(H,42,43)(H2,37,38,41)/b10-9+. The highest BCUT2D eigenvalue weighted by Crippen LogP contribution is 2.39. The zero-order valence-electron chi connectivity index (χ0n) is 26.0. The van der Waals surface area contributed by atoms with E-state index in [2.05, 4.69) is 31.9 Å². The molecular weight excluding hydrogens is 570 g/mol. The largest absolute Gasteiger partial charge is 0.492 e. The van der Waals surface area contributed by atoms with Crippen molar-refractivity contribution >= 4 is 46.0 Å². The highest BCUT2D eigenvalue weighted by Gasteiger charge is 2.22. The number of nitrogens with zero attached hydrogens (tertiary/aromatic N) is 2. The number of carbonyl (C=O) groups excluding carboxylic acids is 1. The predicted octanol–water partition coefficient (Wildman–Crippen LogP) is 8.18. The summed E-state index contributed by atoms with van der Waals surface area (Å²) in [6.45, 7) is 9.19. The fourth-order valence-electron chi connectivity index (χ4n) is 5.33. The number of benzene rings is 3. The molecule has 2 heterocycles. The molecule has 1 saturated heterocycles. The lowest BCUT2D eigenvalue weighted by molar-refractivity contribution is 0.209. The lowest BCUT2D eigenvalue weighted by Gasteiger charge is -2.23. The van der Waals surface area contributed by atoms with E-state index in [1.165, 1.54) is 20.0 Å². The number of rotatable bonds is 9. The Kier molecular flexibility index (Phi) is 9.53. The van der Waals surface area contributed by atoms with Crippen molar-refractivity contribution in [3.8, 4) is 17.2 Å². The number of aromatic nitrogens is 1. The van der Waals surface area contributed by atoms with E-state index in [1.54, 1.807) is 24.4 Å². The molecule has 234 valence electrons. The molecule has 0 atom stereocenters. The zero-order chi connectivity index (χ0) is 32.0. The number of ether oxygens (including phenoxy) is 2. The number of fused-ring (bicyclic) bond motifs is 1. The average Bonchev–Trinajstić information content (AvgIpc) is 3.51. The summed E-state index contributed by atoms with van der Waals surface area (Å²) >= 11 is 0. The first kappa shape index (κ1) is 31.3. The Labute approximate surface area is 263 Å². The molecule has 3 amide bonds. The Morgan fingerprint density at radius 2 is 1.62 bits per heavy atom. The Balaban J connectivity index is 1.36. The molecular formula is C35H39N5O5. The fourth-order valence-corrected chi connectivity index (χ4v) is 5.33. The van der Waals surface area contributed by atoms with Crippen LogP contribution < -0.4 is 25.4 Å². The summed E-state index contributed by atoms with van der Waals surface area (Å²) in [5, 5.41) is 19.1. The maximum absolute atomic E-state index is 13.3. The van der Waals surface area contributed by atoms with E-state index in [0.717, 1.165) is 41.7 Å². The van der Waals surface area contributed by atoms with Crippen molar-refractivity contribution in [1.29, 1.82) is 0 Å². The highest BCUT2D eigenvalue weighted by molar-refractivity contribution is 6.08. The Bertz CT molecular complexity index is 1720. The highest BCUT2D eigenvalue weighted by atomic mass is 16.5. The molecule has 10 heteroatoms. The van der Waals surface area contributed by atoms with Gasteiger partial charge in [-0.05, 0) is 73.3 Å². The Hall–Kier alpha value is -5.09. The van der Waals surface area contributed by atoms with E-state index in [9.17, 15) is 14.7 Å². The molecule has 1 aliphatic heterocycles. The summed E-state index contributed by atoms with van der Waals surface area (Å²) in [6.07, 6.45) is 7.16. The first-order chi connectivity index (χ1) is 21.6. The minimum atomic E-state index is -1.24. The minimum Gasteiger partial charge on any atom is -0.492 e. The van der Waals surface area contributed by atoms with Crippen molar-refractivity contribution in [3.05, 3.63) is 84.2 Å². The van der Waals surface area contributed by atoms with Crippen LogP contribution in [-0.2, 0) is 5.41 Å². The molecule has 0 unspecified atom stereocenters. The molecule has 1 aliphatic rings.